The molecule has 3 nitrogen and oxygen atoms in total. The lowest BCUT2D eigenvalue weighted by molar-refractivity contribution is -0.120. The van der Waals surface area contributed by atoms with Crippen LogP contribution in [0.1, 0.15) is 42.3 Å². The quantitative estimate of drug-likeness (QED) is 0.898. The Bertz CT molecular complexity index is 439. The second-order valence-electron chi connectivity index (χ2n) is 5.28. The van der Waals surface area contributed by atoms with Gasteiger partial charge in [0.15, 0.2) is 0 Å². The van der Waals surface area contributed by atoms with Gasteiger partial charge in [-0.25, -0.2) is 4.98 Å². The van der Waals surface area contributed by atoms with Gasteiger partial charge in [-0.3, -0.25) is 4.79 Å². The van der Waals surface area contributed by atoms with E-state index in [1.54, 1.807) is 11.3 Å². The highest BCUT2D eigenvalue weighted by atomic mass is 32.1. The van der Waals surface area contributed by atoms with E-state index in [0.717, 1.165) is 23.5 Å². The number of thiazole rings is 1. The zero-order chi connectivity index (χ0) is 12.6. The van der Waals surface area contributed by atoms with Crippen molar-refractivity contribution in [3.63, 3.8) is 0 Å². The van der Waals surface area contributed by atoms with Crippen molar-refractivity contribution in [2.45, 2.75) is 52.5 Å². The van der Waals surface area contributed by atoms with Crippen LogP contribution in [0.3, 0.4) is 0 Å². The Morgan fingerprint density at radius 2 is 2.18 bits per heavy atom. The molecule has 0 radical (unpaired) electrons. The molecular formula is C13H20N2OS. The van der Waals surface area contributed by atoms with E-state index in [2.05, 4.69) is 31.1 Å². The molecule has 2 rings (SSSR count). The summed E-state index contributed by atoms with van der Waals surface area (Å²) in [5.41, 5.74) is 1.06. The number of nitrogens with one attached hydrogen (secondary N) is 1. The summed E-state index contributed by atoms with van der Waals surface area (Å²) in [6.07, 6.45) is 2.53. The molecule has 0 aromatic carbocycles. The predicted molar refractivity (Wildman–Crippen MR) is 70.2 cm³/mol. The molecule has 1 fully saturated rings. The number of nitrogens with zero attached hydrogens (tertiary/aromatic N) is 1. The van der Waals surface area contributed by atoms with Crippen LogP contribution in [0, 0.1) is 19.8 Å². The van der Waals surface area contributed by atoms with E-state index in [0.29, 0.717) is 12.3 Å². The lowest BCUT2D eigenvalue weighted by atomic mass is 9.81. The Labute approximate surface area is 107 Å². The van der Waals surface area contributed by atoms with E-state index in [4.69, 9.17) is 0 Å². The van der Waals surface area contributed by atoms with Gasteiger partial charge < -0.3 is 5.32 Å². The van der Waals surface area contributed by atoms with Crippen molar-refractivity contribution in [3.8, 4) is 0 Å². The third-order valence-electron chi connectivity index (χ3n) is 3.77. The second kappa shape index (κ2) is 4.41. The molecule has 1 aliphatic heterocycles. The number of rotatable bonds is 3. The van der Waals surface area contributed by atoms with Gasteiger partial charge in [0.1, 0.15) is 0 Å². The lowest BCUT2D eigenvalue weighted by Gasteiger charge is -2.33. The van der Waals surface area contributed by atoms with Gasteiger partial charge in [-0.2, -0.15) is 0 Å². The molecule has 1 unspecified atom stereocenters. The first kappa shape index (κ1) is 12.6. The summed E-state index contributed by atoms with van der Waals surface area (Å²) in [5.74, 6) is 0.647. The molecule has 1 saturated heterocycles. The number of carbonyl (C=O) groups excluding carboxylic acids is 1. The van der Waals surface area contributed by atoms with Crippen LogP contribution in [-0.4, -0.2) is 16.4 Å². The Hall–Kier alpha value is -0.900. The van der Waals surface area contributed by atoms with Crippen LogP contribution >= 0.6 is 11.3 Å². The normalized spacial score (nSPS) is 24.4. The molecule has 1 N–H and O–H groups in total. The van der Waals surface area contributed by atoms with E-state index >= 15 is 0 Å². The number of hydrogen-bond acceptors (Lipinski definition) is 3. The van der Waals surface area contributed by atoms with Crippen molar-refractivity contribution in [2.75, 3.05) is 0 Å². The molecule has 1 aliphatic rings. The molecule has 94 valence electrons. The Morgan fingerprint density at radius 3 is 2.59 bits per heavy atom. The zero-order valence-electron chi connectivity index (χ0n) is 11.0. The summed E-state index contributed by atoms with van der Waals surface area (Å²) in [5, 5.41) is 4.30. The first-order valence-corrected chi connectivity index (χ1v) is 6.98. The highest BCUT2D eigenvalue weighted by molar-refractivity contribution is 7.11. The fourth-order valence-corrected chi connectivity index (χ4v) is 3.60. The van der Waals surface area contributed by atoms with Crippen LogP contribution in [0.2, 0.25) is 0 Å². The van der Waals surface area contributed by atoms with Crippen LogP contribution in [0.4, 0.5) is 0 Å². The minimum atomic E-state index is -0.0547. The van der Waals surface area contributed by atoms with E-state index < -0.39 is 0 Å². The van der Waals surface area contributed by atoms with Crippen molar-refractivity contribution in [2.24, 2.45) is 5.92 Å². The topological polar surface area (TPSA) is 42.0 Å². The van der Waals surface area contributed by atoms with Crippen molar-refractivity contribution in [3.05, 3.63) is 15.6 Å². The molecule has 1 aromatic heterocycles. The molecule has 1 aromatic rings. The lowest BCUT2D eigenvalue weighted by Crippen LogP contribution is -2.48. The molecule has 0 aliphatic carbocycles. The molecule has 0 spiro atoms. The zero-order valence-corrected chi connectivity index (χ0v) is 11.8. The van der Waals surface area contributed by atoms with Crippen molar-refractivity contribution < 1.29 is 4.79 Å². The van der Waals surface area contributed by atoms with E-state index in [9.17, 15) is 4.79 Å². The van der Waals surface area contributed by atoms with Crippen molar-refractivity contribution in [1.82, 2.24) is 10.3 Å². The number of aromatic nitrogens is 1. The largest absolute Gasteiger partial charge is 0.350 e. The van der Waals surface area contributed by atoms with E-state index in [1.807, 2.05) is 6.92 Å². The molecule has 0 saturated carbocycles. The van der Waals surface area contributed by atoms with Gasteiger partial charge in [-0.1, -0.05) is 13.8 Å². The number of amides is 1. The third-order valence-corrected chi connectivity index (χ3v) is 4.84. The Morgan fingerprint density at radius 1 is 1.47 bits per heavy atom. The summed E-state index contributed by atoms with van der Waals surface area (Å²) in [6.45, 7) is 8.48. The summed E-state index contributed by atoms with van der Waals surface area (Å²) >= 11 is 1.76. The number of hydrogen-bond donors (Lipinski definition) is 1. The first-order valence-electron chi connectivity index (χ1n) is 6.17. The molecule has 2 heterocycles. The number of carbonyl (C=O) groups is 1. The van der Waals surface area contributed by atoms with E-state index in [-0.39, 0.29) is 11.4 Å². The molecule has 4 heteroatoms. The van der Waals surface area contributed by atoms with Crippen LogP contribution in [-0.2, 0) is 11.2 Å². The fourth-order valence-electron chi connectivity index (χ4n) is 2.53. The molecule has 1 atom stereocenters. The van der Waals surface area contributed by atoms with Gasteiger partial charge in [0, 0.05) is 23.3 Å². The smallest absolute Gasteiger partial charge is 0.220 e. The SMILES string of the molecule is Cc1nc(C)c(CC2(C(C)C)CCC(=O)N2)s1. The van der Waals surface area contributed by atoms with Gasteiger partial charge >= 0.3 is 0 Å². The maximum Gasteiger partial charge on any atom is 0.220 e. The molecule has 1 amide bonds. The van der Waals surface area contributed by atoms with Gasteiger partial charge in [-0.05, 0) is 26.2 Å². The summed E-state index contributed by atoms with van der Waals surface area (Å²) in [4.78, 5) is 17.3. The predicted octanol–water partition coefficient (Wildman–Crippen LogP) is 2.61. The second-order valence-corrected chi connectivity index (χ2v) is 6.57. The maximum atomic E-state index is 11.5. The highest BCUT2D eigenvalue weighted by Crippen LogP contribution is 2.34. The van der Waals surface area contributed by atoms with Crippen molar-refractivity contribution >= 4 is 17.2 Å². The summed E-state index contributed by atoms with van der Waals surface area (Å²) in [7, 11) is 0. The minimum absolute atomic E-state index is 0.0547. The highest BCUT2D eigenvalue weighted by Gasteiger charge is 2.41. The standard InChI is InChI=1S/C13H20N2OS/c1-8(2)13(6-5-12(16)15-13)7-11-9(3)14-10(4)17-11/h8H,5-7H2,1-4H3,(H,15,16). The average Bonchev–Trinajstić information content (AvgIpc) is 2.73. The number of aryl methyl sites for hydroxylation is 2. The van der Waals surface area contributed by atoms with Crippen LogP contribution in [0.25, 0.3) is 0 Å². The van der Waals surface area contributed by atoms with Crippen LogP contribution < -0.4 is 5.32 Å². The van der Waals surface area contributed by atoms with Crippen LogP contribution in [0.5, 0.6) is 0 Å². The Kier molecular flexibility index (Phi) is 3.25. The van der Waals surface area contributed by atoms with E-state index in [1.165, 1.54) is 4.88 Å². The summed E-state index contributed by atoms with van der Waals surface area (Å²) < 4.78 is 0. The average molecular weight is 252 g/mol. The van der Waals surface area contributed by atoms with Gasteiger partial charge in [0.05, 0.1) is 10.7 Å². The van der Waals surface area contributed by atoms with Crippen LogP contribution in [0.15, 0.2) is 0 Å². The first-order chi connectivity index (χ1) is 7.93. The molecular weight excluding hydrogens is 232 g/mol. The maximum absolute atomic E-state index is 11.5. The minimum Gasteiger partial charge on any atom is -0.350 e. The monoisotopic (exact) mass is 252 g/mol. The van der Waals surface area contributed by atoms with Gasteiger partial charge in [-0.15, -0.1) is 11.3 Å². The summed E-state index contributed by atoms with van der Waals surface area (Å²) in [6, 6.07) is 0. The van der Waals surface area contributed by atoms with Gasteiger partial charge in [0.25, 0.3) is 0 Å². The molecule has 17 heavy (non-hydrogen) atoms. The Balaban J connectivity index is 2.25. The van der Waals surface area contributed by atoms with Crippen molar-refractivity contribution in [1.29, 1.82) is 0 Å². The van der Waals surface area contributed by atoms with Gasteiger partial charge in [0.2, 0.25) is 5.91 Å². The third kappa shape index (κ3) is 2.37. The fraction of sp³-hybridized carbons (Fsp3) is 0.692. The molecule has 0 bridgehead atoms.